The summed E-state index contributed by atoms with van der Waals surface area (Å²) in [4.78, 5) is 28.1. The van der Waals surface area contributed by atoms with Crippen LogP contribution in [0.5, 0.6) is 0 Å². The summed E-state index contributed by atoms with van der Waals surface area (Å²) in [5, 5.41) is 4.93. The van der Waals surface area contributed by atoms with Crippen molar-refractivity contribution in [3.05, 3.63) is 41.7 Å². The highest BCUT2D eigenvalue weighted by Gasteiger charge is 2.24. The van der Waals surface area contributed by atoms with E-state index in [1.807, 2.05) is 6.07 Å². The average molecular weight is 428 g/mol. The van der Waals surface area contributed by atoms with Crippen molar-refractivity contribution < 1.29 is 9.53 Å². The third kappa shape index (κ3) is 3.94. The van der Waals surface area contributed by atoms with E-state index in [-0.39, 0.29) is 11.9 Å². The van der Waals surface area contributed by atoms with Crippen LogP contribution in [0.2, 0.25) is 0 Å². The quantitative estimate of drug-likeness (QED) is 0.495. The van der Waals surface area contributed by atoms with Gasteiger partial charge in [0.15, 0.2) is 10.8 Å². The molecule has 9 heteroatoms. The highest BCUT2D eigenvalue weighted by atomic mass is 32.2. The topological polar surface area (TPSA) is 80.2 Å². The molecule has 1 amide bonds. The summed E-state index contributed by atoms with van der Waals surface area (Å²) in [6, 6.07) is 8.45. The van der Waals surface area contributed by atoms with E-state index in [9.17, 15) is 4.79 Å². The second-order valence-electron chi connectivity index (χ2n) is 7.07. The molecule has 0 radical (unpaired) electrons. The van der Waals surface area contributed by atoms with Crippen molar-refractivity contribution >= 4 is 44.5 Å². The lowest BCUT2D eigenvalue weighted by molar-refractivity contribution is -0.119. The van der Waals surface area contributed by atoms with Crippen molar-refractivity contribution in [2.45, 2.75) is 23.9 Å². The number of morpholine rings is 1. The van der Waals surface area contributed by atoms with Crippen molar-refractivity contribution in [2.75, 3.05) is 37.0 Å². The molecule has 1 aliphatic carbocycles. The van der Waals surface area contributed by atoms with Crippen molar-refractivity contribution in [1.29, 1.82) is 0 Å². The predicted molar refractivity (Wildman–Crippen MR) is 115 cm³/mol. The molecule has 1 saturated heterocycles. The minimum Gasteiger partial charge on any atom is -0.378 e. The van der Waals surface area contributed by atoms with Gasteiger partial charge in [-0.1, -0.05) is 47.4 Å². The van der Waals surface area contributed by atoms with Crippen molar-refractivity contribution in [3.63, 3.8) is 0 Å². The molecule has 29 heavy (non-hydrogen) atoms. The lowest BCUT2D eigenvalue weighted by atomic mass is 10.1. The molecule has 1 aliphatic heterocycles. The zero-order valence-electron chi connectivity index (χ0n) is 15.8. The molecule has 7 nitrogen and oxygen atoms in total. The van der Waals surface area contributed by atoms with E-state index in [1.165, 1.54) is 29.2 Å². The predicted octanol–water partition coefficient (Wildman–Crippen LogP) is 2.82. The van der Waals surface area contributed by atoms with Gasteiger partial charge in [-0.2, -0.15) is 4.98 Å². The number of carbonyl (C=O) groups is 1. The summed E-state index contributed by atoms with van der Waals surface area (Å²) in [7, 11) is 0. The number of nitrogens with one attached hydrogen (secondary N) is 1. The number of fused-ring (bicyclic) bond motifs is 2. The highest BCUT2D eigenvalue weighted by molar-refractivity contribution is 8.00. The second-order valence-corrected chi connectivity index (χ2v) is 9.02. The summed E-state index contributed by atoms with van der Waals surface area (Å²) in [5.41, 5.74) is 3.27. The fraction of sp³-hybridized carbons (Fsp3) is 0.400. The third-order valence-corrected chi connectivity index (χ3v) is 7.47. The van der Waals surface area contributed by atoms with Gasteiger partial charge < -0.3 is 15.0 Å². The van der Waals surface area contributed by atoms with Gasteiger partial charge in [-0.25, -0.2) is 9.97 Å². The first-order valence-corrected chi connectivity index (χ1v) is 11.5. The molecule has 0 saturated carbocycles. The number of thiazole rings is 1. The number of rotatable bonds is 5. The Bertz CT molecular complexity index is 1030. The van der Waals surface area contributed by atoms with Gasteiger partial charge in [0.25, 0.3) is 0 Å². The number of hydrogen-bond donors (Lipinski definition) is 1. The number of thioether (sulfide) groups is 1. The summed E-state index contributed by atoms with van der Waals surface area (Å²) in [6.07, 6.45) is 3.51. The van der Waals surface area contributed by atoms with Crippen LogP contribution in [0, 0.1) is 0 Å². The van der Waals surface area contributed by atoms with Gasteiger partial charge in [0.2, 0.25) is 5.91 Å². The molecule has 150 valence electrons. The lowest BCUT2D eigenvalue weighted by Gasteiger charge is -2.25. The number of anilines is 1. The van der Waals surface area contributed by atoms with Gasteiger partial charge in [0, 0.05) is 13.1 Å². The number of nitrogens with zero attached hydrogens (tertiary/aromatic N) is 4. The second kappa shape index (κ2) is 8.25. The van der Waals surface area contributed by atoms with E-state index in [0.717, 1.165) is 40.8 Å². The Hall–Kier alpha value is -2.23. The maximum atomic E-state index is 12.6. The van der Waals surface area contributed by atoms with Crippen LogP contribution >= 0.6 is 23.1 Å². The van der Waals surface area contributed by atoms with Crippen molar-refractivity contribution in [1.82, 2.24) is 20.3 Å². The van der Waals surface area contributed by atoms with Crippen LogP contribution in [-0.2, 0) is 16.0 Å². The number of aromatic nitrogens is 3. The van der Waals surface area contributed by atoms with E-state index < -0.39 is 0 Å². The van der Waals surface area contributed by atoms with E-state index in [4.69, 9.17) is 4.74 Å². The molecule has 1 N–H and O–H groups in total. The number of ether oxygens (including phenoxy) is 1. The Morgan fingerprint density at radius 1 is 1.28 bits per heavy atom. The van der Waals surface area contributed by atoms with Crippen molar-refractivity contribution in [3.8, 4) is 0 Å². The highest BCUT2D eigenvalue weighted by Crippen LogP contribution is 2.34. The smallest absolute Gasteiger partial charge is 0.230 e. The van der Waals surface area contributed by atoms with E-state index in [1.54, 1.807) is 11.3 Å². The van der Waals surface area contributed by atoms with Gasteiger partial charge in [-0.3, -0.25) is 4.79 Å². The number of aryl methyl sites for hydroxylation is 1. The first-order valence-electron chi connectivity index (χ1n) is 9.72. The van der Waals surface area contributed by atoms with Gasteiger partial charge in [0.1, 0.15) is 16.1 Å². The minimum atomic E-state index is 0.0291. The van der Waals surface area contributed by atoms with Crippen LogP contribution in [0.15, 0.2) is 35.6 Å². The van der Waals surface area contributed by atoms with Gasteiger partial charge in [-0.05, 0) is 24.0 Å². The fourth-order valence-electron chi connectivity index (χ4n) is 3.79. The molecular weight excluding hydrogens is 406 g/mol. The molecule has 3 heterocycles. The first-order chi connectivity index (χ1) is 14.3. The number of benzene rings is 1. The van der Waals surface area contributed by atoms with E-state index >= 15 is 0 Å². The van der Waals surface area contributed by atoms with Crippen LogP contribution < -0.4 is 10.2 Å². The van der Waals surface area contributed by atoms with E-state index in [2.05, 4.69) is 43.4 Å². The summed E-state index contributed by atoms with van der Waals surface area (Å²) >= 11 is 3.03. The summed E-state index contributed by atoms with van der Waals surface area (Å²) < 4.78 is 6.36. The monoisotopic (exact) mass is 427 g/mol. The minimum absolute atomic E-state index is 0.0291. The number of amides is 1. The Morgan fingerprint density at radius 3 is 3.03 bits per heavy atom. The largest absolute Gasteiger partial charge is 0.378 e. The maximum Gasteiger partial charge on any atom is 0.230 e. The molecule has 1 fully saturated rings. The Morgan fingerprint density at radius 2 is 2.14 bits per heavy atom. The molecule has 1 aromatic carbocycles. The summed E-state index contributed by atoms with van der Waals surface area (Å²) in [5.74, 6) is 0.358. The van der Waals surface area contributed by atoms with Crippen LogP contribution in [-0.4, -0.2) is 52.9 Å². The van der Waals surface area contributed by atoms with Crippen LogP contribution in [0.3, 0.4) is 0 Å². The Balaban J connectivity index is 1.26. The average Bonchev–Trinajstić information content (AvgIpc) is 3.38. The standard InChI is InChI=1S/C20H21N5O2S2/c26-16(23-15-6-5-13-3-1-2-4-14(13)15)11-28-19-17-18(21-12-22-19)24-20(29-17)25-7-9-27-10-8-25/h1-4,12,15H,5-11H2,(H,23,26)/t15-/m1/s1. The molecular formula is C20H21N5O2S2. The third-order valence-electron chi connectivity index (χ3n) is 5.24. The molecule has 0 unspecified atom stereocenters. The van der Waals surface area contributed by atoms with Crippen molar-refractivity contribution in [2.24, 2.45) is 0 Å². The van der Waals surface area contributed by atoms with Crippen LogP contribution in [0.1, 0.15) is 23.6 Å². The first kappa shape index (κ1) is 18.8. The Labute approximate surface area is 176 Å². The lowest BCUT2D eigenvalue weighted by Crippen LogP contribution is -2.36. The molecule has 5 rings (SSSR count). The van der Waals surface area contributed by atoms with Crippen LogP contribution in [0.4, 0.5) is 5.13 Å². The number of hydrogen-bond acceptors (Lipinski definition) is 8. The SMILES string of the molecule is O=C(CSc1ncnc2nc(N3CCOCC3)sc12)N[C@@H]1CCc2ccccc21. The normalized spacial score (nSPS) is 18.8. The maximum absolute atomic E-state index is 12.6. The fourth-order valence-corrected chi connectivity index (χ4v) is 5.75. The Kier molecular flexibility index (Phi) is 5.34. The molecule has 3 aromatic rings. The van der Waals surface area contributed by atoms with E-state index in [0.29, 0.717) is 24.6 Å². The van der Waals surface area contributed by atoms with Gasteiger partial charge in [0.05, 0.1) is 25.0 Å². The molecule has 2 aliphatic rings. The molecule has 0 bridgehead atoms. The molecule has 0 spiro atoms. The van der Waals surface area contributed by atoms with Crippen LogP contribution in [0.25, 0.3) is 10.3 Å². The molecule has 1 atom stereocenters. The summed E-state index contributed by atoms with van der Waals surface area (Å²) in [6.45, 7) is 3.10. The number of carbonyl (C=O) groups excluding carboxylic acids is 1. The molecule has 2 aromatic heterocycles. The van der Waals surface area contributed by atoms with Gasteiger partial charge >= 0.3 is 0 Å². The zero-order chi connectivity index (χ0) is 19.6. The van der Waals surface area contributed by atoms with Gasteiger partial charge in [-0.15, -0.1) is 0 Å². The zero-order valence-corrected chi connectivity index (χ0v) is 17.5.